The molecule has 4 nitrogen and oxygen atoms in total. The van der Waals surface area contributed by atoms with Crippen molar-refractivity contribution in [3.05, 3.63) is 0 Å². The molecule has 1 heterocycles. The molecule has 0 bridgehead atoms. The Balaban J connectivity index is 1.96. The molecular weight excluding hydrogens is 218 g/mol. The summed E-state index contributed by atoms with van der Waals surface area (Å²) in [4.78, 5) is 25.6. The van der Waals surface area contributed by atoms with Gasteiger partial charge in [0.1, 0.15) is 12.4 Å². The predicted octanol–water partition coefficient (Wildman–Crippen LogP) is 1.38. The molecule has 1 amide bonds. The van der Waals surface area contributed by atoms with Crippen LogP contribution < -0.4 is 0 Å². The van der Waals surface area contributed by atoms with Crippen LogP contribution in [0.5, 0.6) is 0 Å². The number of nitrogens with zero attached hydrogens (tertiary/aromatic N) is 1. The van der Waals surface area contributed by atoms with E-state index in [9.17, 15) is 9.59 Å². The summed E-state index contributed by atoms with van der Waals surface area (Å²) in [7, 11) is 0. The maximum atomic E-state index is 12.0. The first-order valence-corrected chi connectivity index (χ1v) is 6.64. The number of carbonyl (C=O) groups is 2. The summed E-state index contributed by atoms with van der Waals surface area (Å²) in [5, 5.41) is 0. The van der Waals surface area contributed by atoms with Gasteiger partial charge in [-0.2, -0.15) is 0 Å². The second kappa shape index (κ2) is 5.63. The van der Waals surface area contributed by atoms with Crippen molar-refractivity contribution in [3.63, 3.8) is 0 Å². The summed E-state index contributed by atoms with van der Waals surface area (Å²) >= 11 is 0. The summed E-state index contributed by atoms with van der Waals surface area (Å²) in [5.74, 6) is 0.503. The molecule has 1 aliphatic carbocycles. The van der Waals surface area contributed by atoms with Crippen LogP contribution in [0.15, 0.2) is 0 Å². The first-order chi connectivity index (χ1) is 8.24. The third-order valence-corrected chi connectivity index (χ3v) is 3.87. The first kappa shape index (κ1) is 12.6. The number of ether oxygens (including phenoxy) is 1. The molecule has 1 saturated heterocycles. The summed E-state index contributed by atoms with van der Waals surface area (Å²) in [6.45, 7) is 3.40. The van der Waals surface area contributed by atoms with Crippen LogP contribution >= 0.6 is 0 Å². The van der Waals surface area contributed by atoms with Crippen LogP contribution in [0.1, 0.15) is 39.0 Å². The van der Waals surface area contributed by atoms with Gasteiger partial charge >= 0.3 is 0 Å². The lowest BCUT2D eigenvalue weighted by Gasteiger charge is -2.28. The number of hydrogen-bond acceptors (Lipinski definition) is 3. The van der Waals surface area contributed by atoms with Gasteiger partial charge in [0.05, 0.1) is 0 Å². The molecule has 96 valence electrons. The van der Waals surface area contributed by atoms with Gasteiger partial charge in [-0.05, 0) is 32.6 Å². The molecule has 4 heteroatoms. The van der Waals surface area contributed by atoms with Crippen LogP contribution in [0.3, 0.4) is 0 Å². The quantitative estimate of drug-likeness (QED) is 0.744. The summed E-state index contributed by atoms with van der Waals surface area (Å²) < 4.78 is 5.17. The monoisotopic (exact) mass is 239 g/mol. The highest BCUT2D eigenvalue weighted by Crippen LogP contribution is 2.33. The van der Waals surface area contributed by atoms with Crippen molar-refractivity contribution in [1.82, 2.24) is 4.90 Å². The Kier molecular flexibility index (Phi) is 4.15. The molecule has 17 heavy (non-hydrogen) atoms. The van der Waals surface area contributed by atoms with E-state index >= 15 is 0 Å². The van der Waals surface area contributed by atoms with Gasteiger partial charge in [0.25, 0.3) is 0 Å². The topological polar surface area (TPSA) is 46.6 Å². The van der Waals surface area contributed by atoms with E-state index in [0.717, 1.165) is 32.2 Å². The number of ketones is 1. The van der Waals surface area contributed by atoms with E-state index in [4.69, 9.17) is 4.74 Å². The largest absolute Gasteiger partial charge is 0.372 e. The molecule has 2 atom stereocenters. The minimum Gasteiger partial charge on any atom is -0.372 e. The molecule has 0 radical (unpaired) electrons. The molecule has 1 saturated carbocycles. The smallest absolute Gasteiger partial charge is 0.248 e. The Morgan fingerprint density at radius 3 is 2.88 bits per heavy atom. The van der Waals surface area contributed by atoms with Crippen LogP contribution in [-0.2, 0) is 14.3 Å². The summed E-state index contributed by atoms with van der Waals surface area (Å²) in [6, 6.07) is 0.151. The van der Waals surface area contributed by atoms with E-state index in [1.165, 1.54) is 0 Å². The van der Waals surface area contributed by atoms with E-state index < -0.39 is 0 Å². The van der Waals surface area contributed by atoms with Crippen molar-refractivity contribution in [2.24, 2.45) is 5.92 Å². The fourth-order valence-electron chi connectivity index (χ4n) is 3.04. The zero-order valence-corrected chi connectivity index (χ0v) is 10.5. The van der Waals surface area contributed by atoms with Gasteiger partial charge < -0.3 is 9.64 Å². The maximum absolute atomic E-state index is 12.0. The Labute approximate surface area is 102 Å². The Morgan fingerprint density at radius 2 is 2.24 bits per heavy atom. The second-order valence-corrected chi connectivity index (χ2v) is 4.90. The highest BCUT2D eigenvalue weighted by Gasteiger charge is 2.39. The van der Waals surface area contributed by atoms with Gasteiger partial charge in [-0.25, -0.2) is 0 Å². The van der Waals surface area contributed by atoms with E-state index in [0.29, 0.717) is 18.8 Å². The third kappa shape index (κ3) is 2.68. The number of carbonyl (C=O) groups excluding carboxylic acids is 2. The summed E-state index contributed by atoms with van der Waals surface area (Å²) in [6.07, 6.45) is 4.66. The second-order valence-electron chi connectivity index (χ2n) is 4.90. The normalized spacial score (nSPS) is 29.0. The lowest BCUT2D eigenvalue weighted by molar-refractivity contribution is -0.138. The molecule has 2 rings (SSSR count). The molecule has 2 fully saturated rings. The van der Waals surface area contributed by atoms with Gasteiger partial charge in [0.2, 0.25) is 5.91 Å². The van der Waals surface area contributed by atoms with E-state index in [1.54, 1.807) is 0 Å². The molecule has 2 unspecified atom stereocenters. The molecular formula is C13H21NO3. The highest BCUT2D eigenvalue weighted by molar-refractivity contribution is 5.85. The minimum atomic E-state index is 0.0500. The van der Waals surface area contributed by atoms with Gasteiger partial charge in [-0.3, -0.25) is 9.59 Å². The lowest BCUT2D eigenvalue weighted by atomic mass is 9.95. The van der Waals surface area contributed by atoms with Crippen molar-refractivity contribution in [2.45, 2.75) is 45.1 Å². The van der Waals surface area contributed by atoms with E-state index in [2.05, 4.69) is 0 Å². The number of amides is 1. The van der Waals surface area contributed by atoms with Gasteiger partial charge in [-0.1, -0.05) is 0 Å². The Morgan fingerprint density at radius 1 is 1.41 bits per heavy atom. The molecule has 0 aromatic carbocycles. The van der Waals surface area contributed by atoms with Crippen molar-refractivity contribution in [2.75, 3.05) is 19.8 Å². The summed E-state index contributed by atoms with van der Waals surface area (Å²) in [5.41, 5.74) is 0. The maximum Gasteiger partial charge on any atom is 0.248 e. The van der Waals surface area contributed by atoms with Crippen molar-refractivity contribution in [1.29, 1.82) is 0 Å². The highest BCUT2D eigenvalue weighted by atomic mass is 16.5. The Hall–Kier alpha value is -0.900. The Bertz CT molecular complexity index is 303. The molecule has 1 aliphatic heterocycles. The predicted molar refractivity (Wildman–Crippen MR) is 63.6 cm³/mol. The van der Waals surface area contributed by atoms with E-state index in [-0.39, 0.29) is 24.5 Å². The van der Waals surface area contributed by atoms with Crippen molar-refractivity contribution in [3.8, 4) is 0 Å². The molecule has 0 aromatic rings. The molecule has 0 N–H and O–H groups in total. The molecule has 2 aliphatic rings. The van der Waals surface area contributed by atoms with Gasteiger partial charge in [0, 0.05) is 31.5 Å². The minimum absolute atomic E-state index is 0.0500. The standard InChI is InChI=1S/C13H21NO3/c1-2-17-9-13(16)14-8-4-6-11(14)10-5-3-7-12(10)15/h10-11H,2-9H2,1H3. The zero-order chi connectivity index (χ0) is 12.3. The van der Waals surface area contributed by atoms with E-state index in [1.807, 2.05) is 11.8 Å². The van der Waals surface area contributed by atoms with Crippen LogP contribution in [0.25, 0.3) is 0 Å². The van der Waals surface area contributed by atoms with Crippen molar-refractivity contribution < 1.29 is 14.3 Å². The lowest BCUT2D eigenvalue weighted by Crippen LogP contribution is -2.43. The molecule has 0 spiro atoms. The van der Waals surface area contributed by atoms with Crippen LogP contribution in [0.2, 0.25) is 0 Å². The van der Waals surface area contributed by atoms with Crippen LogP contribution in [0.4, 0.5) is 0 Å². The van der Waals surface area contributed by atoms with Gasteiger partial charge in [0.15, 0.2) is 0 Å². The third-order valence-electron chi connectivity index (χ3n) is 3.87. The van der Waals surface area contributed by atoms with Crippen molar-refractivity contribution >= 4 is 11.7 Å². The fourth-order valence-corrected chi connectivity index (χ4v) is 3.04. The van der Waals surface area contributed by atoms with Crippen LogP contribution in [0, 0.1) is 5.92 Å². The molecule has 0 aromatic heterocycles. The number of Topliss-reactive ketones (excluding diaryl/α,β-unsaturated/α-hetero) is 1. The average Bonchev–Trinajstić information content (AvgIpc) is 2.93. The fraction of sp³-hybridized carbons (Fsp3) is 0.846. The SMILES string of the molecule is CCOCC(=O)N1CCCC1C1CCCC1=O. The number of hydrogen-bond donors (Lipinski definition) is 0. The number of likely N-dealkylation sites (tertiary alicyclic amines) is 1. The number of rotatable bonds is 4. The zero-order valence-electron chi connectivity index (χ0n) is 10.5. The van der Waals surface area contributed by atoms with Crippen LogP contribution in [-0.4, -0.2) is 42.4 Å². The average molecular weight is 239 g/mol. The van der Waals surface area contributed by atoms with Gasteiger partial charge in [-0.15, -0.1) is 0 Å². The first-order valence-electron chi connectivity index (χ1n) is 6.64.